The minimum Gasteiger partial charge on any atom is -0.357 e. The van der Waals surface area contributed by atoms with E-state index in [-0.39, 0.29) is 21.1 Å². The number of hydrogen-bond acceptors (Lipinski definition) is 4. The Bertz CT molecular complexity index is 3490. The first-order chi connectivity index (χ1) is 32.7. The number of para-hydroxylation sites is 4. The molecule has 11 aromatic rings. The van der Waals surface area contributed by atoms with Gasteiger partial charge in [-0.15, -0.1) is 35.7 Å². The van der Waals surface area contributed by atoms with E-state index >= 15 is 0 Å². The maximum absolute atomic E-state index is 5.10. The van der Waals surface area contributed by atoms with E-state index in [0.717, 1.165) is 96.1 Å². The number of hydrogen-bond donors (Lipinski definition) is 0. The Labute approximate surface area is 405 Å². The second kappa shape index (κ2) is 17.8. The van der Waals surface area contributed by atoms with Gasteiger partial charge >= 0.3 is 21.1 Å². The van der Waals surface area contributed by atoms with Crippen molar-refractivity contribution in [3.05, 3.63) is 243 Å². The quantitative estimate of drug-likeness (QED) is 0.135. The molecule has 0 unspecified atom stereocenters. The fourth-order valence-corrected chi connectivity index (χ4v) is 9.74. The predicted molar refractivity (Wildman–Crippen MR) is 275 cm³/mol. The molecule has 67 heavy (non-hydrogen) atoms. The predicted octanol–water partition coefficient (Wildman–Crippen LogP) is 15.5. The average molecular weight is 1040 g/mol. The van der Waals surface area contributed by atoms with Crippen LogP contribution in [0.5, 0.6) is 0 Å². The molecule has 0 N–H and O–H groups in total. The van der Waals surface area contributed by atoms with Crippen LogP contribution in [0.4, 0.5) is 34.1 Å². The zero-order chi connectivity index (χ0) is 44.0. The molecule has 0 spiro atoms. The summed E-state index contributed by atoms with van der Waals surface area (Å²) in [5, 5.41) is 2.24. The van der Waals surface area contributed by atoms with E-state index in [1.54, 1.807) is 0 Å². The van der Waals surface area contributed by atoms with E-state index in [1.165, 1.54) is 16.8 Å². The Balaban J connectivity index is 0.00000494. The van der Waals surface area contributed by atoms with Gasteiger partial charge in [-0.2, -0.15) is 12.1 Å². The molecule has 0 bridgehead atoms. The summed E-state index contributed by atoms with van der Waals surface area (Å²) in [6.07, 6.45) is 1.93. The van der Waals surface area contributed by atoms with Crippen molar-refractivity contribution in [3.8, 4) is 50.3 Å². The van der Waals surface area contributed by atoms with Crippen LogP contribution in [0.3, 0.4) is 0 Å². The fraction of sp³-hybridized carbons (Fsp3) is 0.0328. The Kier molecular flexibility index (Phi) is 11.1. The van der Waals surface area contributed by atoms with Crippen molar-refractivity contribution in [3.63, 3.8) is 0 Å². The van der Waals surface area contributed by atoms with Crippen LogP contribution in [0.1, 0.15) is 0 Å². The van der Waals surface area contributed by atoms with Gasteiger partial charge in [-0.3, -0.25) is 0 Å². The van der Waals surface area contributed by atoms with Crippen molar-refractivity contribution in [2.75, 3.05) is 28.4 Å². The van der Waals surface area contributed by atoms with E-state index in [4.69, 9.17) is 4.98 Å². The molecule has 9 aromatic carbocycles. The summed E-state index contributed by atoms with van der Waals surface area (Å²) in [7, 11) is 2.15. The van der Waals surface area contributed by atoms with E-state index in [0.29, 0.717) is 0 Å². The molecule has 5 nitrogen and oxygen atoms in total. The van der Waals surface area contributed by atoms with Gasteiger partial charge in [0.15, 0.2) is 0 Å². The molecule has 1 aliphatic rings. The maximum Gasteiger partial charge on any atom is 2.00 e. The third-order valence-electron chi connectivity index (χ3n) is 12.8. The first-order valence-electron chi connectivity index (χ1n) is 22.4. The van der Waals surface area contributed by atoms with Crippen molar-refractivity contribution in [1.29, 1.82) is 0 Å². The van der Waals surface area contributed by atoms with Crippen LogP contribution in [0.2, 0.25) is 0 Å². The van der Waals surface area contributed by atoms with Gasteiger partial charge in [-0.1, -0.05) is 186 Å². The molecule has 6 heteroatoms. The van der Waals surface area contributed by atoms with Crippen molar-refractivity contribution in [1.82, 2.24) is 9.55 Å². The van der Waals surface area contributed by atoms with Gasteiger partial charge in [0.1, 0.15) is 5.82 Å². The smallest absolute Gasteiger partial charge is 0.357 e. The molecule has 0 saturated carbocycles. The van der Waals surface area contributed by atoms with Crippen LogP contribution < -0.4 is 14.7 Å². The van der Waals surface area contributed by atoms with Crippen LogP contribution >= 0.6 is 0 Å². The Morgan fingerprint density at radius 3 is 1.72 bits per heavy atom. The van der Waals surface area contributed by atoms with E-state index in [2.05, 4.69) is 263 Å². The van der Waals surface area contributed by atoms with Gasteiger partial charge in [-0.05, 0) is 69.1 Å². The molecule has 0 fully saturated rings. The van der Waals surface area contributed by atoms with Crippen molar-refractivity contribution in [2.45, 2.75) is 0 Å². The fourth-order valence-electron chi connectivity index (χ4n) is 9.74. The number of benzene rings is 9. The molecule has 0 aliphatic carbocycles. The summed E-state index contributed by atoms with van der Waals surface area (Å²) in [6.45, 7) is 0.718. The van der Waals surface area contributed by atoms with Gasteiger partial charge in [0.25, 0.3) is 0 Å². The number of pyridine rings is 1. The Morgan fingerprint density at radius 1 is 0.463 bits per heavy atom. The summed E-state index contributed by atoms with van der Waals surface area (Å²) >= 11 is 0. The zero-order valence-electron chi connectivity index (χ0n) is 36.7. The molecule has 1 aliphatic heterocycles. The molecular weight excluding hydrogens is 998 g/mol. The number of rotatable bonds is 9. The average Bonchev–Trinajstić information content (AvgIpc) is 3.91. The number of anilines is 6. The molecule has 0 amide bonds. The largest absolute Gasteiger partial charge is 2.00 e. The first kappa shape index (κ1) is 41.7. The number of fused-ring (bicyclic) bond motifs is 4. The van der Waals surface area contributed by atoms with Crippen LogP contribution in [-0.4, -0.2) is 23.3 Å². The summed E-state index contributed by atoms with van der Waals surface area (Å²) in [6, 6.07) is 87.8. The molecule has 12 rings (SSSR count). The number of nitrogens with zero attached hydrogens (tertiary/aromatic N) is 5. The van der Waals surface area contributed by atoms with Gasteiger partial charge in [0, 0.05) is 29.9 Å². The Morgan fingerprint density at radius 2 is 1.01 bits per heavy atom. The molecular formula is C61H43N5Pt. The third kappa shape index (κ3) is 7.48. The molecule has 0 saturated heterocycles. The van der Waals surface area contributed by atoms with Gasteiger partial charge in [0.05, 0.1) is 23.7 Å². The normalized spacial score (nSPS) is 12.0. The van der Waals surface area contributed by atoms with Crippen molar-refractivity contribution >= 4 is 55.9 Å². The summed E-state index contributed by atoms with van der Waals surface area (Å²) < 4.78 is 2.28. The molecule has 3 heterocycles. The van der Waals surface area contributed by atoms with Gasteiger partial charge in [0.2, 0.25) is 0 Å². The third-order valence-corrected chi connectivity index (χ3v) is 12.8. The molecule has 2 aromatic heterocycles. The van der Waals surface area contributed by atoms with Crippen molar-refractivity contribution < 1.29 is 21.1 Å². The van der Waals surface area contributed by atoms with Gasteiger partial charge in [-0.25, -0.2) is 4.98 Å². The monoisotopic (exact) mass is 1040 g/mol. The molecule has 0 atom stereocenters. The number of aromatic nitrogens is 2. The maximum atomic E-state index is 5.10. The minimum absolute atomic E-state index is 0. The standard InChI is InChI=1S/C61H43N5.Pt/c1-63-42-64(58-34-16-15-33-57(58)63)47-25-17-26-48(40-47)65(61-52(44-21-7-3-8-22-44)30-18-31-53(61)45-23-9-4-10-24-45)49-35-36-55-54-29-13-14-32-56(54)66(59(55)41-49)60-39-46(37-38-62-60)51-28-12-11-27-50(51)43-19-5-2-6-20-43;/h2-39H,42H2,1H3;/q-2;+2. The van der Waals surface area contributed by atoms with Crippen molar-refractivity contribution in [2.24, 2.45) is 0 Å². The molecule has 0 radical (unpaired) electrons. The first-order valence-corrected chi connectivity index (χ1v) is 22.4. The van der Waals surface area contributed by atoms with Gasteiger partial charge < -0.3 is 19.3 Å². The molecule has 322 valence electrons. The van der Waals surface area contributed by atoms with E-state index in [9.17, 15) is 0 Å². The van der Waals surface area contributed by atoms with Crippen LogP contribution in [0.15, 0.2) is 231 Å². The SMILES string of the molecule is CN1CN(c2[c-]c(N(c3[c-]c4c(cc3)c3ccccc3n4-c3cc(-c4ccccc4-c4ccccc4)ccn3)c3c(-c4ccccc4)cccc3-c3ccccc3)ccc2)c2ccccc21.[Pt+2]. The van der Waals surface area contributed by atoms with Crippen LogP contribution in [0, 0.1) is 12.1 Å². The minimum atomic E-state index is 0. The zero-order valence-corrected chi connectivity index (χ0v) is 39.0. The summed E-state index contributed by atoms with van der Waals surface area (Å²) in [5.74, 6) is 0.821. The second-order valence-corrected chi connectivity index (χ2v) is 16.7. The summed E-state index contributed by atoms with van der Waals surface area (Å²) in [5.41, 5.74) is 17.2. The van der Waals surface area contributed by atoms with Crippen LogP contribution in [-0.2, 0) is 21.1 Å². The van der Waals surface area contributed by atoms with Crippen LogP contribution in [0.25, 0.3) is 72.1 Å². The summed E-state index contributed by atoms with van der Waals surface area (Å²) in [4.78, 5) is 12.1. The topological polar surface area (TPSA) is 27.5 Å². The van der Waals surface area contributed by atoms with E-state index < -0.39 is 0 Å². The van der Waals surface area contributed by atoms with E-state index in [1.807, 2.05) is 6.20 Å². The second-order valence-electron chi connectivity index (χ2n) is 16.7. The Hall–Kier alpha value is -7.98.